The number of nitriles is 2. The van der Waals surface area contributed by atoms with Gasteiger partial charge in [0.15, 0.2) is 0 Å². The average molecular weight is 310 g/mol. The molecule has 120 valence electrons. The minimum absolute atomic E-state index is 0.0220. The first-order chi connectivity index (χ1) is 11.0. The van der Waals surface area contributed by atoms with Crippen LogP contribution < -0.4 is 5.73 Å². The van der Waals surface area contributed by atoms with E-state index in [2.05, 4.69) is 54.4 Å². The van der Waals surface area contributed by atoms with Crippen LogP contribution in [0.25, 0.3) is 0 Å². The summed E-state index contributed by atoms with van der Waals surface area (Å²) in [5.41, 5.74) is 7.74. The molecule has 4 atom stereocenters. The lowest BCUT2D eigenvalue weighted by Crippen LogP contribution is -2.31. The molecule has 0 heterocycles. The highest BCUT2D eigenvalue weighted by Gasteiger charge is 2.28. The van der Waals surface area contributed by atoms with Crippen molar-refractivity contribution >= 4 is 0 Å². The van der Waals surface area contributed by atoms with Crippen molar-refractivity contribution < 1.29 is 0 Å². The third kappa shape index (κ3) is 3.85. The van der Waals surface area contributed by atoms with Gasteiger partial charge in [-0.2, -0.15) is 20.8 Å². The van der Waals surface area contributed by atoms with Gasteiger partial charge in [-0.1, -0.05) is 6.08 Å². The number of allylic oxidation sites excluding steroid dienone is 1. The number of hydrogen-bond acceptors (Lipinski definition) is 6. The number of likely N-dealkylation sites (N-methyl/N-ethyl adjacent to an activating group) is 1. The fraction of sp³-hybridized carbons (Fsp3) is 0.529. The Hall–Kier alpha value is -2.44. The molecule has 2 aliphatic rings. The fourth-order valence-electron chi connectivity index (χ4n) is 2.91. The summed E-state index contributed by atoms with van der Waals surface area (Å²) < 4.78 is 0. The normalized spacial score (nSPS) is 31.1. The molecule has 6 nitrogen and oxygen atoms in total. The minimum Gasteiger partial charge on any atom is -0.399 e. The molecule has 23 heavy (non-hydrogen) atoms. The zero-order valence-electron chi connectivity index (χ0n) is 13.8. The summed E-state index contributed by atoms with van der Waals surface area (Å²) >= 11 is 0. The van der Waals surface area contributed by atoms with Crippen molar-refractivity contribution in [1.29, 1.82) is 10.5 Å². The summed E-state index contributed by atoms with van der Waals surface area (Å²) in [5, 5.41) is 27.3. The van der Waals surface area contributed by atoms with Crippen molar-refractivity contribution in [3.63, 3.8) is 0 Å². The fourth-order valence-corrected chi connectivity index (χ4v) is 2.91. The van der Waals surface area contributed by atoms with Gasteiger partial charge < -0.3 is 10.6 Å². The standard InChI is InChI=1S/C17H22N6/c1-11-6-15(23(2)3)4-5-16(11)21-22-17-12(9-18)7-14(20)8-13(17)10-19/h6-8,12,15-17H,4-5,20H2,1-3H3/t12?,15?,16-,17?/m0/s1. The number of hydrogen-bond donors (Lipinski definition) is 1. The molecule has 2 aliphatic carbocycles. The predicted octanol–water partition coefficient (Wildman–Crippen LogP) is 2.29. The molecule has 0 bridgehead atoms. The first-order valence-corrected chi connectivity index (χ1v) is 7.69. The molecule has 0 spiro atoms. The summed E-state index contributed by atoms with van der Waals surface area (Å²) in [6.07, 6.45) is 7.37. The van der Waals surface area contributed by atoms with Crippen molar-refractivity contribution in [3.05, 3.63) is 35.1 Å². The predicted molar refractivity (Wildman–Crippen MR) is 88.0 cm³/mol. The third-order valence-electron chi connectivity index (χ3n) is 4.34. The lowest BCUT2D eigenvalue weighted by molar-refractivity contribution is 0.305. The Balaban J connectivity index is 2.17. The van der Waals surface area contributed by atoms with Crippen LogP contribution in [0, 0.1) is 28.6 Å². The zero-order valence-corrected chi connectivity index (χ0v) is 13.8. The SMILES string of the molecule is CC1=CC(N(C)C)CC[C@@H]1N=NC1C(C#N)=CC(N)=CC1C#N. The van der Waals surface area contributed by atoms with E-state index in [-0.39, 0.29) is 6.04 Å². The second-order valence-corrected chi connectivity index (χ2v) is 6.24. The molecule has 0 radical (unpaired) electrons. The van der Waals surface area contributed by atoms with Crippen LogP contribution in [0.5, 0.6) is 0 Å². The number of azo groups is 1. The molecule has 0 fully saturated rings. The Morgan fingerprint density at radius 3 is 2.52 bits per heavy atom. The highest BCUT2D eigenvalue weighted by atomic mass is 15.2. The minimum atomic E-state index is -0.559. The van der Waals surface area contributed by atoms with Crippen molar-refractivity contribution in [2.24, 2.45) is 21.9 Å². The molecule has 3 unspecified atom stereocenters. The smallest absolute Gasteiger partial charge is 0.125 e. The van der Waals surface area contributed by atoms with Crippen LogP contribution in [0.1, 0.15) is 19.8 Å². The molecular formula is C17H22N6. The topological polar surface area (TPSA) is 102 Å². The van der Waals surface area contributed by atoms with Crippen LogP contribution in [0.4, 0.5) is 0 Å². The summed E-state index contributed by atoms with van der Waals surface area (Å²) in [6, 6.07) is 4.12. The number of rotatable bonds is 3. The average Bonchev–Trinajstić information content (AvgIpc) is 2.53. The molecular weight excluding hydrogens is 288 g/mol. The quantitative estimate of drug-likeness (QED) is 0.638. The lowest BCUT2D eigenvalue weighted by Gasteiger charge is -2.29. The van der Waals surface area contributed by atoms with Crippen LogP contribution in [-0.2, 0) is 0 Å². The van der Waals surface area contributed by atoms with Crippen molar-refractivity contribution in [2.75, 3.05) is 14.1 Å². The van der Waals surface area contributed by atoms with Gasteiger partial charge in [0.1, 0.15) is 6.04 Å². The van der Waals surface area contributed by atoms with Crippen LogP contribution in [0.15, 0.2) is 45.3 Å². The van der Waals surface area contributed by atoms with Gasteiger partial charge in [0.2, 0.25) is 0 Å². The van der Waals surface area contributed by atoms with E-state index in [0.29, 0.717) is 17.3 Å². The van der Waals surface area contributed by atoms with E-state index in [0.717, 1.165) is 12.8 Å². The van der Waals surface area contributed by atoms with Crippen molar-refractivity contribution in [2.45, 2.75) is 37.9 Å². The van der Waals surface area contributed by atoms with Crippen LogP contribution in [-0.4, -0.2) is 37.1 Å². The van der Waals surface area contributed by atoms with Gasteiger partial charge in [-0.05, 0) is 51.6 Å². The molecule has 2 N–H and O–H groups in total. The number of nitrogens with two attached hydrogens (primary N) is 1. The van der Waals surface area contributed by atoms with E-state index in [1.165, 1.54) is 5.57 Å². The molecule has 0 aromatic heterocycles. The van der Waals surface area contributed by atoms with Crippen LogP contribution in [0.3, 0.4) is 0 Å². The highest BCUT2D eigenvalue weighted by Crippen LogP contribution is 2.27. The first-order valence-electron chi connectivity index (χ1n) is 7.69. The Kier molecular flexibility index (Phi) is 5.31. The second-order valence-electron chi connectivity index (χ2n) is 6.24. The molecule has 0 aliphatic heterocycles. The molecule has 2 rings (SSSR count). The maximum atomic E-state index is 9.27. The van der Waals surface area contributed by atoms with Gasteiger partial charge in [-0.3, -0.25) is 0 Å². The van der Waals surface area contributed by atoms with Crippen LogP contribution in [0.2, 0.25) is 0 Å². The van der Waals surface area contributed by atoms with Gasteiger partial charge in [-0.15, -0.1) is 0 Å². The molecule has 0 aromatic rings. The Morgan fingerprint density at radius 1 is 1.22 bits per heavy atom. The Labute approximate surface area is 137 Å². The van der Waals surface area contributed by atoms with E-state index in [9.17, 15) is 10.5 Å². The van der Waals surface area contributed by atoms with Crippen molar-refractivity contribution in [1.82, 2.24) is 4.90 Å². The van der Waals surface area contributed by atoms with Gasteiger partial charge in [-0.25, -0.2) is 0 Å². The maximum absolute atomic E-state index is 9.27. The van der Waals surface area contributed by atoms with E-state index < -0.39 is 12.0 Å². The summed E-state index contributed by atoms with van der Waals surface area (Å²) in [5.74, 6) is -0.541. The summed E-state index contributed by atoms with van der Waals surface area (Å²) in [4.78, 5) is 2.19. The third-order valence-corrected chi connectivity index (χ3v) is 4.34. The molecule has 0 saturated carbocycles. The van der Waals surface area contributed by atoms with Gasteiger partial charge in [0, 0.05) is 11.7 Å². The van der Waals surface area contributed by atoms with Gasteiger partial charge >= 0.3 is 0 Å². The van der Waals surface area contributed by atoms with Crippen molar-refractivity contribution in [3.8, 4) is 12.1 Å². The monoisotopic (exact) mass is 310 g/mol. The summed E-state index contributed by atoms with van der Waals surface area (Å²) in [7, 11) is 4.13. The zero-order chi connectivity index (χ0) is 17.0. The first kappa shape index (κ1) is 16.9. The Morgan fingerprint density at radius 2 is 1.96 bits per heavy atom. The van der Waals surface area contributed by atoms with Gasteiger partial charge in [0.25, 0.3) is 0 Å². The highest BCUT2D eigenvalue weighted by molar-refractivity contribution is 5.42. The van der Waals surface area contributed by atoms with E-state index in [4.69, 9.17) is 5.73 Å². The molecule has 0 amide bonds. The molecule has 0 saturated heterocycles. The van der Waals surface area contributed by atoms with Gasteiger partial charge in [0.05, 0.1) is 29.7 Å². The second kappa shape index (κ2) is 7.21. The maximum Gasteiger partial charge on any atom is 0.125 e. The largest absolute Gasteiger partial charge is 0.399 e. The van der Waals surface area contributed by atoms with E-state index in [1.807, 2.05) is 0 Å². The van der Waals surface area contributed by atoms with E-state index >= 15 is 0 Å². The van der Waals surface area contributed by atoms with Crippen LogP contribution >= 0.6 is 0 Å². The number of nitrogens with zero attached hydrogens (tertiary/aromatic N) is 5. The summed E-state index contributed by atoms with van der Waals surface area (Å²) in [6.45, 7) is 2.06. The molecule has 0 aromatic carbocycles. The Bertz CT molecular complexity index is 656. The molecule has 6 heteroatoms. The lowest BCUT2D eigenvalue weighted by atomic mass is 9.89. The van der Waals surface area contributed by atoms with E-state index in [1.54, 1.807) is 12.2 Å².